The fourth-order valence-electron chi connectivity index (χ4n) is 3.10. The first-order valence-corrected chi connectivity index (χ1v) is 8.84. The molecule has 0 aliphatic rings. The van der Waals surface area contributed by atoms with E-state index in [9.17, 15) is 4.39 Å². The van der Waals surface area contributed by atoms with Gasteiger partial charge in [0, 0.05) is 30.6 Å². The summed E-state index contributed by atoms with van der Waals surface area (Å²) >= 11 is 0. The molecule has 0 amide bonds. The fraction of sp³-hybridized carbons (Fsp3) is 0.0833. The third kappa shape index (κ3) is 3.63. The van der Waals surface area contributed by atoms with Gasteiger partial charge in [-0.15, -0.1) is 0 Å². The van der Waals surface area contributed by atoms with Gasteiger partial charge in [0.05, 0.1) is 0 Å². The van der Waals surface area contributed by atoms with Crippen LogP contribution in [-0.2, 0) is 0 Å². The van der Waals surface area contributed by atoms with E-state index in [2.05, 4.69) is 17.0 Å². The Balaban J connectivity index is 1.90. The molecule has 27 heavy (non-hydrogen) atoms. The first-order valence-electron chi connectivity index (χ1n) is 8.84. The molecule has 2 nitrogen and oxygen atoms in total. The zero-order valence-electron chi connectivity index (χ0n) is 15.3. The Kier molecular flexibility index (Phi) is 4.51. The van der Waals surface area contributed by atoms with Crippen molar-refractivity contribution >= 4 is 28.6 Å². The molecule has 0 atom stereocenters. The van der Waals surface area contributed by atoms with Crippen LogP contribution in [0.4, 0.5) is 10.1 Å². The Hall–Kier alpha value is -3.33. The van der Waals surface area contributed by atoms with E-state index in [1.165, 1.54) is 12.1 Å². The molecule has 0 aliphatic carbocycles. The number of anilines is 1. The number of nitrogens with zero attached hydrogens (tertiary/aromatic N) is 1. The second-order valence-electron chi connectivity index (χ2n) is 6.71. The van der Waals surface area contributed by atoms with Gasteiger partial charge in [-0.3, -0.25) is 0 Å². The van der Waals surface area contributed by atoms with Crippen LogP contribution in [0.25, 0.3) is 22.9 Å². The molecule has 0 spiro atoms. The predicted octanol–water partition coefficient (Wildman–Crippen LogP) is 4.30. The van der Waals surface area contributed by atoms with Gasteiger partial charge in [0.25, 0.3) is 0 Å². The predicted molar refractivity (Wildman–Crippen MR) is 110 cm³/mol. The van der Waals surface area contributed by atoms with Crippen molar-refractivity contribution in [3.05, 3.63) is 101 Å². The maximum absolute atomic E-state index is 13.8. The number of rotatable bonds is 3. The lowest BCUT2D eigenvalue weighted by atomic mass is 10.1. The topological polar surface area (TPSA) is 16.4 Å². The lowest BCUT2D eigenvalue weighted by molar-refractivity contribution is 0.508. The summed E-state index contributed by atoms with van der Waals surface area (Å²) in [4.78, 5) is 2.06. The minimum Gasteiger partial charge on any atom is -0.456 e. The fourth-order valence-corrected chi connectivity index (χ4v) is 3.10. The molecule has 4 rings (SSSR count). The van der Waals surface area contributed by atoms with E-state index in [1.807, 2.05) is 68.7 Å². The number of hydrogen-bond donors (Lipinski definition) is 0. The molecular formula is C24H20FNO. The lowest BCUT2D eigenvalue weighted by Gasteiger charge is -2.11. The van der Waals surface area contributed by atoms with E-state index < -0.39 is 0 Å². The molecule has 0 N–H and O–H groups in total. The number of benzene rings is 3. The van der Waals surface area contributed by atoms with Crippen LogP contribution in [0.15, 0.2) is 77.2 Å². The van der Waals surface area contributed by atoms with Crippen molar-refractivity contribution in [2.45, 2.75) is 0 Å². The summed E-state index contributed by atoms with van der Waals surface area (Å²) < 4.78 is 20.0. The molecule has 3 heteroatoms. The highest BCUT2D eigenvalue weighted by Gasteiger charge is 2.06. The Labute approximate surface area is 157 Å². The molecule has 0 fully saturated rings. The molecule has 0 saturated heterocycles. The summed E-state index contributed by atoms with van der Waals surface area (Å²) in [6.45, 7) is 0. The first-order chi connectivity index (χ1) is 13.1. The van der Waals surface area contributed by atoms with Crippen molar-refractivity contribution in [2.24, 2.45) is 0 Å². The molecule has 1 heterocycles. The van der Waals surface area contributed by atoms with Crippen molar-refractivity contribution in [3.63, 3.8) is 0 Å². The molecule has 0 aliphatic heterocycles. The zero-order chi connectivity index (χ0) is 18.8. The molecule has 3 aromatic carbocycles. The van der Waals surface area contributed by atoms with E-state index >= 15 is 0 Å². The second kappa shape index (κ2) is 7.12. The van der Waals surface area contributed by atoms with E-state index in [-0.39, 0.29) is 5.82 Å². The average Bonchev–Trinajstić information content (AvgIpc) is 2.99. The standard InChI is InChI=1S/C24H20FNO/c1-26(2)20-11-8-18(9-12-20)15-23-21-13-10-19(25)16-22(21)24(27-23)14-17-6-4-3-5-7-17/h3-16H,1-2H3/b23-15-,24-14-. The maximum Gasteiger partial charge on any atom is 0.136 e. The Morgan fingerprint density at radius 3 is 2.04 bits per heavy atom. The highest BCUT2D eigenvalue weighted by Crippen LogP contribution is 2.14. The normalized spacial score (nSPS) is 12.7. The third-order valence-electron chi connectivity index (χ3n) is 4.54. The van der Waals surface area contributed by atoms with Crippen LogP contribution < -0.4 is 15.7 Å². The summed E-state index contributed by atoms with van der Waals surface area (Å²) in [5.74, 6) is -0.270. The van der Waals surface area contributed by atoms with Gasteiger partial charge in [-0.25, -0.2) is 4.39 Å². The molecule has 0 bridgehead atoms. The molecule has 0 saturated carbocycles. The Morgan fingerprint density at radius 2 is 1.37 bits per heavy atom. The van der Waals surface area contributed by atoms with Gasteiger partial charge in [0.1, 0.15) is 16.6 Å². The molecule has 1 aromatic heterocycles. The molecular weight excluding hydrogens is 337 g/mol. The summed E-state index contributed by atoms with van der Waals surface area (Å²) in [6, 6.07) is 22.9. The summed E-state index contributed by atoms with van der Waals surface area (Å²) in [7, 11) is 4.03. The molecule has 4 aromatic rings. The van der Waals surface area contributed by atoms with Crippen LogP contribution in [0.3, 0.4) is 0 Å². The van der Waals surface area contributed by atoms with Crippen molar-refractivity contribution in [3.8, 4) is 0 Å². The van der Waals surface area contributed by atoms with E-state index in [1.54, 1.807) is 6.07 Å². The number of fused-ring (bicyclic) bond motifs is 1. The monoisotopic (exact) mass is 357 g/mol. The van der Waals surface area contributed by atoms with Gasteiger partial charge in [-0.2, -0.15) is 0 Å². The number of furan rings is 1. The van der Waals surface area contributed by atoms with Gasteiger partial charge in [-0.1, -0.05) is 42.5 Å². The Bertz CT molecular complexity index is 1190. The van der Waals surface area contributed by atoms with Crippen LogP contribution in [0.5, 0.6) is 0 Å². The minimum absolute atomic E-state index is 0.270. The summed E-state index contributed by atoms with van der Waals surface area (Å²) in [5, 5.41) is 1.67. The number of halogens is 1. The number of hydrogen-bond acceptors (Lipinski definition) is 2. The van der Waals surface area contributed by atoms with Gasteiger partial charge in [0.15, 0.2) is 0 Å². The smallest absolute Gasteiger partial charge is 0.136 e. The van der Waals surface area contributed by atoms with Crippen LogP contribution in [0, 0.1) is 5.82 Å². The molecule has 0 radical (unpaired) electrons. The maximum atomic E-state index is 13.8. The van der Waals surface area contributed by atoms with Crippen molar-refractivity contribution < 1.29 is 8.81 Å². The summed E-state index contributed by atoms with van der Waals surface area (Å²) in [5.41, 5.74) is 4.57. The second-order valence-corrected chi connectivity index (χ2v) is 6.71. The minimum atomic E-state index is -0.270. The third-order valence-corrected chi connectivity index (χ3v) is 4.54. The van der Waals surface area contributed by atoms with E-state index in [0.29, 0.717) is 5.42 Å². The molecule has 0 unspecified atom stereocenters. The van der Waals surface area contributed by atoms with Crippen molar-refractivity contribution in [2.75, 3.05) is 19.0 Å². The van der Waals surface area contributed by atoms with Crippen molar-refractivity contribution in [1.82, 2.24) is 0 Å². The van der Waals surface area contributed by atoms with E-state index in [4.69, 9.17) is 4.42 Å². The SMILES string of the molecule is CN(C)c1ccc(/C=c2\o/c(=C\c3ccccc3)c3cc(F)ccc23)cc1. The highest BCUT2D eigenvalue weighted by atomic mass is 19.1. The zero-order valence-corrected chi connectivity index (χ0v) is 15.3. The molecule has 134 valence electrons. The van der Waals surface area contributed by atoms with Crippen LogP contribution in [0.1, 0.15) is 11.1 Å². The van der Waals surface area contributed by atoms with Crippen molar-refractivity contribution in [1.29, 1.82) is 0 Å². The van der Waals surface area contributed by atoms with Gasteiger partial charge >= 0.3 is 0 Å². The largest absolute Gasteiger partial charge is 0.456 e. The van der Waals surface area contributed by atoms with Gasteiger partial charge < -0.3 is 9.32 Å². The first kappa shape index (κ1) is 17.1. The average molecular weight is 357 g/mol. The van der Waals surface area contributed by atoms with Crippen LogP contribution in [0.2, 0.25) is 0 Å². The Morgan fingerprint density at radius 1 is 0.741 bits per heavy atom. The van der Waals surface area contributed by atoms with Crippen LogP contribution >= 0.6 is 0 Å². The quantitative estimate of drug-likeness (QED) is 0.544. The van der Waals surface area contributed by atoms with E-state index in [0.717, 1.165) is 33.0 Å². The van der Waals surface area contributed by atoms with Gasteiger partial charge in [-0.05, 0) is 53.6 Å². The van der Waals surface area contributed by atoms with Gasteiger partial charge in [0.2, 0.25) is 0 Å². The summed E-state index contributed by atoms with van der Waals surface area (Å²) in [6.07, 6.45) is 3.93. The lowest BCUT2D eigenvalue weighted by Crippen LogP contribution is -2.08. The highest BCUT2D eigenvalue weighted by molar-refractivity contribution is 5.84. The van der Waals surface area contributed by atoms with Crippen LogP contribution in [-0.4, -0.2) is 14.1 Å².